The van der Waals surface area contributed by atoms with Gasteiger partial charge in [-0.2, -0.15) is 0 Å². The lowest BCUT2D eigenvalue weighted by Gasteiger charge is -2.57. The van der Waals surface area contributed by atoms with Crippen molar-refractivity contribution in [1.29, 1.82) is 0 Å². The zero-order chi connectivity index (χ0) is 15.5. The highest BCUT2D eigenvalue weighted by Gasteiger charge is 2.57. The third-order valence-corrected chi connectivity index (χ3v) is 8.21. The third kappa shape index (κ3) is 1.82. The van der Waals surface area contributed by atoms with Crippen LogP contribution in [-0.4, -0.2) is 10.9 Å². The van der Waals surface area contributed by atoms with E-state index in [0.717, 1.165) is 35.8 Å². The number of allylic oxidation sites excluding steroid dienone is 2. The quantitative estimate of drug-likeness (QED) is 0.362. The Labute approximate surface area is 135 Å². The Hall–Kier alpha value is -0.790. The zero-order valence-corrected chi connectivity index (χ0v) is 14.4. The second-order valence-corrected chi connectivity index (χ2v) is 9.15. The normalized spacial score (nSPS) is 52.7. The Morgan fingerprint density at radius 2 is 1.82 bits per heavy atom. The van der Waals surface area contributed by atoms with Crippen LogP contribution in [0.4, 0.5) is 0 Å². The van der Waals surface area contributed by atoms with Crippen molar-refractivity contribution in [3.05, 3.63) is 11.6 Å². The molecule has 122 valence electrons. The lowest BCUT2D eigenvalue weighted by Crippen LogP contribution is -2.50. The highest BCUT2D eigenvalue weighted by Crippen LogP contribution is 2.64. The topological polar surface area (TPSA) is 32.6 Å². The molecule has 3 saturated carbocycles. The molecule has 0 aromatic carbocycles. The molecule has 6 atom stereocenters. The first-order chi connectivity index (χ1) is 10.5. The molecule has 2 nitrogen and oxygen atoms in total. The van der Waals surface area contributed by atoms with Gasteiger partial charge in [-0.05, 0) is 80.5 Å². The van der Waals surface area contributed by atoms with Crippen LogP contribution in [0.2, 0.25) is 0 Å². The fourth-order valence-corrected chi connectivity index (χ4v) is 6.80. The number of oxime groups is 1. The molecule has 6 unspecified atom stereocenters. The molecular weight excluding hydrogens is 270 g/mol. The minimum Gasteiger partial charge on any atom is -0.411 e. The summed E-state index contributed by atoms with van der Waals surface area (Å²) in [4.78, 5) is 0. The molecule has 4 aliphatic rings. The molecule has 0 bridgehead atoms. The average molecular weight is 301 g/mol. The summed E-state index contributed by atoms with van der Waals surface area (Å²) in [6.45, 7) is 7.37. The molecule has 22 heavy (non-hydrogen) atoms. The Bertz CT molecular complexity index is 536. The van der Waals surface area contributed by atoms with Crippen molar-refractivity contribution in [2.75, 3.05) is 0 Å². The van der Waals surface area contributed by atoms with E-state index >= 15 is 0 Å². The van der Waals surface area contributed by atoms with E-state index < -0.39 is 0 Å². The lowest BCUT2D eigenvalue weighted by molar-refractivity contribution is -0.0108. The monoisotopic (exact) mass is 301 g/mol. The van der Waals surface area contributed by atoms with Gasteiger partial charge in [0.15, 0.2) is 0 Å². The van der Waals surface area contributed by atoms with Crippen LogP contribution >= 0.6 is 0 Å². The van der Waals surface area contributed by atoms with Gasteiger partial charge in [0.05, 0.1) is 5.71 Å². The molecular formula is C20H31NO. The minimum atomic E-state index is 0.180. The molecule has 0 aromatic heterocycles. The maximum Gasteiger partial charge on any atom is 0.0632 e. The molecule has 0 aliphatic heterocycles. The predicted octanol–water partition coefficient (Wildman–Crippen LogP) is 5.42. The van der Waals surface area contributed by atoms with Crippen molar-refractivity contribution in [3.8, 4) is 0 Å². The van der Waals surface area contributed by atoms with Crippen LogP contribution in [0.25, 0.3) is 0 Å². The Morgan fingerprint density at radius 3 is 2.59 bits per heavy atom. The van der Waals surface area contributed by atoms with Crippen LogP contribution in [0, 0.1) is 34.5 Å². The molecule has 0 radical (unpaired) electrons. The number of hydrogen-bond donors (Lipinski definition) is 1. The van der Waals surface area contributed by atoms with Gasteiger partial charge in [-0.3, -0.25) is 0 Å². The summed E-state index contributed by atoms with van der Waals surface area (Å²) in [5.41, 5.74) is 3.52. The van der Waals surface area contributed by atoms with Crippen LogP contribution < -0.4 is 0 Å². The smallest absolute Gasteiger partial charge is 0.0632 e. The van der Waals surface area contributed by atoms with Crippen LogP contribution in [-0.2, 0) is 0 Å². The van der Waals surface area contributed by atoms with Crippen molar-refractivity contribution in [1.82, 2.24) is 0 Å². The fourth-order valence-electron chi connectivity index (χ4n) is 6.80. The number of nitrogens with zero attached hydrogens (tertiary/aromatic N) is 1. The first-order valence-corrected chi connectivity index (χ1v) is 9.40. The SMILES string of the molecule is CC1CCC2(C)C(=CCC3C2CCC2(C)C(=NO)CCC32)C1. The molecule has 0 spiro atoms. The molecule has 2 heteroatoms. The van der Waals surface area contributed by atoms with Gasteiger partial charge < -0.3 is 5.21 Å². The van der Waals surface area contributed by atoms with Gasteiger partial charge in [0.1, 0.15) is 0 Å². The van der Waals surface area contributed by atoms with Gasteiger partial charge in [0.2, 0.25) is 0 Å². The first kappa shape index (κ1) is 14.8. The molecule has 0 amide bonds. The maximum absolute atomic E-state index is 9.41. The van der Waals surface area contributed by atoms with E-state index in [4.69, 9.17) is 0 Å². The van der Waals surface area contributed by atoms with Gasteiger partial charge >= 0.3 is 0 Å². The standard InChI is InChI=1S/C20H31NO/c1-13-8-10-19(2)14(12-13)4-5-15-16-6-7-18(21-22)20(16,3)11-9-17(15)19/h4,13,15-17,22H,5-12H2,1-3H3. The van der Waals surface area contributed by atoms with Gasteiger partial charge in [0, 0.05) is 5.41 Å². The summed E-state index contributed by atoms with van der Waals surface area (Å²) in [7, 11) is 0. The third-order valence-electron chi connectivity index (χ3n) is 8.21. The second-order valence-electron chi connectivity index (χ2n) is 9.15. The van der Waals surface area contributed by atoms with Gasteiger partial charge in [-0.15, -0.1) is 0 Å². The number of rotatable bonds is 0. The Kier molecular flexibility index (Phi) is 3.26. The highest BCUT2D eigenvalue weighted by atomic mass is 16.4. The predicted molar refractivity (Wildman–Crippen MR) is 90.1 cm³/mol. The first-order valence-electron chi connectivity index (χ1n) is 9.40. The van der Waals surface area contributed by atoms with E-state index in [0.29, 0.717) is 5.41 Å². The van der Waals surface area contributed by atoms with Crippen molar-refractivity contribution in [3.63, 3.8) is 0 Å². The fraction of sp³-hybridized carbons (Fsp3) is 0.850. The molecule has 4 rings (SSSR count). The molecule has 0 heterocycles. The van der Waals surface area contributed by atoms with E-state index in [2.05, 4.69) is 32.0 Å². The van der Waals surface area contributed by atoms with E-state index in [1.807, 2.05) is 0 Å². The van der Waals surface area contributed by atoms with Crippen molar-refractivity contribution < 1.29 is 5.21 Å². The number of hydrogen-bond acceptors (Lipinski definition) is 2. The average Bonchev–Trinajstić information content (AvgIpc) is 2.84. The summed E-state index contributed by atoms with van der Waals surface area (Å²) in [5.74, 6) is 3.31. The molecule has 3 fully saturated rings. The van der Waals surface area contributed by atoms with Gasteiger partial charge in [0.25, 0.3) is 0 Å². The summed E-state index contributed by atoms with van der Waals surface area (Å²) >= 11 is 0. The maximum atomic E-state index is 9.41. The summed E-state index contributed by atoms with van der Waals surface area (Å²) in [6, 6.07) is 0. The summed E-state index contributed by atoms with van der Waals surface area (Å²) in [5, 5.41) is 13.1. The van der Waals surface area contributed by atoms with Gasteiger partial charge in [-0.1, -0.05) is 37.6 Å². The van der Waals surface area contributed by atoms with Crippen LogP contribution in [0.1, 0.15) is 72.1 Å². The molecule has 0 saturated heterocycles. The molecule has 1 N–H and O–H groups in total. The van der Waals surface area contributed by atoms with Crippen molar-refractivity contribution in [2.45, 2.75) is 72.1 Å². The highest BCUT2D eigenvalue weighted by molar-refractivity contribution is 5.92. The van der Waals surface area contributed by atoms with Crippen molar-refractivity contribution >= 4 is 5.71 Å². The summed E-state index contributed by atoms with van der Waals surface area (Å²) < 4.78 is 0. The van der Waals surface area contributed by atoms with Crippen molar-refractivity contribution in [2.24, 2.45) is 39.7 Å². The number of fused-ring (bicyclic) bond motifs is 5. The second kappa shape index (κ2) is 4.85. The summed E-state index contributed by atoms with van der Waals surface area (Å²) in [6.07, 6.45) is 12.9. The van der Waals surface area contributed by atoms with Crippen LogP contribution in [0.15, 0.2) is 16.8 Å². The Balaban J connectivity index is 1.69. The van der Waals surface area contributed by atoms with E-state index in [1.54, 1.807) is 5.57 Å². The lowest BCUT2D eigenvalue weighted by atomic mass is 9.47. The van der Waals surface area contributed by atoms with E-state index in [1.165, 1.54) is 44.9 Å². The van der Waals surface area contributed by atoms with E-state index in [-0.39, 0.29) is 5.41 Å². The largest absolute Gasteiger partial charge is 0.411 e. The minimum absolute atomic E-state index is 0.180. The molecule has 0 aromatic rings. The van der Waals surface area contributed by atoms with Crippen LogP contribution in [0.3, 0.4) is 0 Å². The Morgan fingerprint density at radius 1 is 1.09 bits per heavy atom. The van der Waals surface area contributed by atoms with E-state index in [9.17, 15) is 5.21 Å². The molecule has 4 aliphatic carbocycles. The van der Waals surface area contributed by atoms with Crippen LogP contribution in [0.5, 0.6) is 0 Å². The zero-order valence-electron chi connectivity index (χ0n) is 14.4. The van der Waals surface area contributed by atoms with Gasteiger partial charge in [-0.25, -0.2) is 0 Å².